The van der Waals surface area contributed by atoms with Crippen LogP contribution in [-0.2, 0) is 0 Å². The number of thiophene rings is 1. The lowest BCUT2D eigenvalue weighted by Gasteiger charge is -1.98. The monoisotopic (exact) mass is 292 g/mol. The molecule has 2 aromatic rings. The third kappa shape index (κ3) is 1.63. The fraction of sp³-hybridized carbons (Fsp3) is 0.111. The van der Waals surface area contributed by atoms with E-state index in [-0.39, 0.29) is 0 Å². The number of thioether (sulfide) groups is 1. The predicted molar refractivity (Wildman–Crippen MR) is 66.3 cm³/mol. The zero-order valence-electron chi connectivity index (χ0n) is 6.80. The second-order valence-electron chi connectivity index (χ2n) is 2.52. The highest BCUT2D eigenvalue weighted by Gasteiger charge is 2.10. The van der Waals surface area contributed by atoms with Gasteiger partial charge < -0.3 is 0 Å². The predicted octanol–water partition coefficient (Wildman–Crippen LogP) is 5.04. The van der Waals surface area contributed by atoms with Gasteiger partial charge in [-0.2, -0.15) is 0 Å². The van der Waals surface area contributed by atoms with Gasteiger partial charge in [-0.1, -0.05) is 17.7 Å². The van der Waals surface area contributed by atoms with Crippen LogP contribution in [0, 0.1) is 0 Å². The van der Waals surface area contributed by atoms with Gasteiger partial charge in [0.05, 0.1) is 4.47 Å². The summed E-state index contributed by atoms with van der Waals surface area (Å²) in [5, 5.41) is 1.24. The van der Waals surface area contributed by atoms with Crippen molar-refractivity contribution in [3.05, 3.63) is 27.0 Å². The second kappa shape index (κ2) is 3.81. The summed E-state index contributed by atoms with van der Waals surface area (Å²) in [4.78, 5) is 1.27. The molecule has 0 N–H and O–H groups in total. The summed E-state index contributed by atoms with van der Waals surface area (Å²) < 4.78 is 3.10. The molecular weight excluding hydrogens is 288 g/mol. The lowest BCUT2D eigenvalue weighted by Crippen LogP contribution is -1.71. The number of hydrogen-bond donors (Lipinski definition) is 0. The van der Waals surface area contributed by atoms with E-state index in [9.17, 15) is 0 Å². The third-order valence-corrected chi connectivity index (χ3v) is 5.23. The number of benzene rings is 1. The van der Waals surface area contributed by atoms with Gasteiger partial charge in [-0.05, 0) is 34.3 Å². The van der Waals surface area contributed by atoms with Crippen molar-refractivity contribution in [2.45, 2.75) is 4.90 Å². The molecule has 0 atom stereocenters. The van der Waals surface area contributed by atoms with Crippen molar-refractivity contribution < 1.29 is 0 Å². The molecule has 13 heavy (non-hydrogen) atoms. The van der Waals surface area contributed by atoms with Gasteiger partial charge in [-0.25, -0.2) is 0 Å². The van der Waals surface area contributed by atoms with Crippen molar-refractivity contribution >= 4 is 60.7 Å². The van der Waals surface area contributed by atoms with Crippen LogP contribution in [0.15, 0.2) is 27.6 Å². The standard InChI is InChI=1S/C9H6BrClS2/c1-12-5-3-2-4-6-7(5)8(10)9(11)13-6/h2-4H,1H3. The summed E-state index contributed by atoms with van der Waals surface area (Å²) in [6.45, 7) is 0. The van der Waals surface area contributed by atoms with Crippen molar-refractivity contribution in [2.24, 2.45) is 0 Å². The maximum absolute atomic E-state index is 6.04. The molecule has 68 valence electrons. The average Bonchev–Trinajstić information content (AvgIpc) is 2.43. The van der Waals surface area contributed by atoms with Crippen LogP contribution >= 0.6 is 50.6 Å². The van der Waals surface area contributed by atoms with E-state index in [2.05, 4.69) is 40.4 Å². The van der Waals surface area contributed by atoms with E-state index in [1.54, 1.807) is 23.1 Å². The van der Waals surface area contributed by atoms with Gasteiger partial charge >= 0.3 is 0 Å². The number of fused-ring (bicyclic) bond motifs is 1. The van der Waals surface area contributed by atoms with Gasteiger partial charge in [0.2, 0.25) is 0 Å². The molecule has 0 nitrogen and oxygen atoms in total. The maximum Gasteiger partial charge on any atom is 0.108 e. The van der Waals surface area contributed by atoms with E-state index in [1.807, 2.05) is 0 Å². The van der Waals surface area contributed by atoms with Crippen LogP contribution in [0.25, 0.3) is 10.1 Å². The second-order valence-corrected chi connectivity index (χ2v) is 5.82. The van der Waals surface area contributed by atoms with E-state index in [1.165, 1.54) is 15.0 Å². The molecule has 1 heterocycles. The van der Waals surface area contributed by atoms with E-state index < -0.39 is 0 Å². The van der Waals surface area contributed by atoms with Gasteiger partial charge in [0, 0.05) is 15.0 Å². The van der Waals surface area contributed by atoms with Crippen LogP contribution in [-0.4, -0.2) is 6.26 Å². The normalized spacial score (nSPS) is 11.0. The third-order valence-electron chi connectivity index (χ3n) is 1.80. The Morgan fingerprint density at radius 1 is 1.46 bits per heavy atom. The summed E-state index contributed by atoms with van der Waals surface area (Å²) in [5.41, 5.74) is 0. The first-order valence-corrected chi connectivity index (χ1v) is 6.85. The molecule has 0 fully saturated rings. The van der Waals surface area contributed by atoms with Gasteiger partial charge in [0.15, 0.2) is 0 Å². The van der Waals surface area contributed by atoms with E-state index >= 15 is 0 Å². The Labute approximate surface area is 98.4 Å². The molecule has 0 saturated carbocycles. The Bertz CT molecular complexity index is 450. The lowest BCUT2D eigenvalue weighted by molar-refractivity contribution is 1.57. The smallest absolute Gasteiger partial charge is 0.108 e. The molecule has 2 rings (SSSR count). The number of rotatable bonds is 1. The summed E-state index contributed by atoms with van der Waals surface area (Å²) >= 11 is 12.9. The van der Waals surface area contributed by atoms with Crippen LogP contribution < -0.4 is 0 Å². The fourth-order valence-electron chi connectivity index (χ4n) is 1.22. The van der Waals surface area contributed by atoms with E-state index in [0.717, 1.165) is 8.81 Å². The summed E-state index contributed by atoms with van der Waals surface area (Å²) in [7, 11) is 0. The van der Waals surface area contributed by atoms with Crippen LogP contribution in [0.1, 0.15) is 0 Å². The SMILES string of the molecule is CSc1cccc2sc(Cl)c(Br)c12. The molecule has 0 aliphatic heterocycles. The van der Waals surface area contributed by atoms with Crippen molar-refractivity contribution in [1.29, 1.82) is 0 Å². The van der Waals surface area contributed by atoms with Crippen molar-refractivity contribution in [3.8, 4) is 0 Å². The Hall–Kier alpha value is 0.300. The highest BCUT2D eigenvalue weighted by atomic mass is 79.9. The molecule has 0 aliphatic rings. The Morgan fingerprint density at radius 2 is 2.23 bits per heavy atom. The first kappa shape index (κ1) is 9.84. The molecule has 1 aromatic heterocycles. The van der Waals surface area contributed by atoms with Gasteiger partial charge in [0.1, 0.15) is 4.34 Å². The minimum atomic E-state index is 0.830. The zero-order chi connectivity index (χ0) is 9.42. The highest BCUT2D eigenvalue weighted by Crippen LogP contribution is 2.42. The molecule has 0 spiro atoms. The molecule has 1 aromatic carbocycles. The molecule has 0 saturated heterocycles. The Kier molecular flexibility index (Phi) is 2.88. The number of halogens is 2. The summed E-state index contributed by atoms with van der Waals surface area (Å²) in [6.07, 6.45) is 2.08. The molecule has 0 amide bonds. The first-order valence-electron chi connectivity index (χ1n) is 3.64. The maximum atomic E-state index is 6.04. The molecular formula is C9H6BrClS2. The Balaban J connectivity index is 2.87. The lowest BCUT2D eigenvalue weighted by atomic mass is 10.3. The molecule has 4 heteroatoms. The molecule has 0 bridgehead atoms. The average molecular weight is 294 g/mol. The van der Waals surface area contributed by atoms with Crippen LogP contribution in [0.2, 0.25) is 4.34 Å². The quantitative estimate of drug-likeness (QED) is 0.664. The summed E-state index contributed by atoms with van der Waals surface area (Å²) in [6, 6.07) is 6.27. The minimum absolute atomic E-state index is 0.830. The molecule has 0 radical (unpaired) electrons. The fourth-order valence-corrected chi connectivity index (χ4v) is 4.04. The van der Waals surface area contributed by atoms with Crippen molar-refractivity contribution in [3.63, 3.8) is 0 Å². The summed E-state index contributed by atoms with van der Waals surface area (Å²) in [5.74, 6) is 0. The first-order chi connectivity index (χ1) is 6.24. The number of hydrogen-bond acceptors (Lipinski definition) is 2. The van der Waals surface area contributed by atoms with Crippen molar-refractivity contribution in [1.82, 2.24) is 0 Å². The van der Waals surface area contributed by atoms with Crippen LogP contribution in [0.4, 0.5) is 0 Å². The molecule has 0 unspecified atom stereocenters. The van der Waals surface area contributed by atoms with Gasteiger partial charge in [-0.3, -0.25) is 0 Å². The topological polar surface area (TPSA) is 0 Å². The van der Waals surface area contributed by atoms with Crippen LogP contribution in [0.5, 0.6) is 0 Å². The molecule has 0 aliphatic carbocycles. The minimum Gasteiger partial charge on any atom is -0.129 e. The highest BCUT2D eigenvalue weighted by molar-refractivity contribution is 9.10. The zero-order valence-corrected chi connectivity index (χ0v) is 10.8. The van der Waals surface area contributed by atoms with Gasteiger partial charge in [0.25, 0.3) is 0 Å². The van der Waals surface area contributed by atoms with E-state index in [0.29, 0.717) is 0 Å². The Morgan fingerprint density at radius 3 is 2.92 bits per heavy atom. The van der Waals surface area contributed by atoms with E-state index in [4.69, 9.17) is 11.6 Å². The van der Waals surface area contributed by atoms with Gasteiger partial charge in [-0.15, -0.1) is 23.1 Å². The largest absolute Gasteiger partial charge is 0.129 e. The van der Waals surface area contributed by atoms with Crippen molar-refractivity contribution in [2.75, 3.05) is 6.26 Å². The van der Waals surface area contributed by atoms with Crippen LogP contribution in [0.3, 0.4) is 0 Å².